The summed E-state index contributed by atoms with van der Waals surface area (Å²) in [6.45, 7) is 2.29. The molecule has 0 aliphatic rings. The van der Waals surface area contributed by atoms with Crippen LogP contribution >= 0.6 is 11.3 Å². The van der Waals surface area contributed by atoms with Crippen molar-refractivity contribution in [1.29, 1.82) is 0 Å². The highest BCUT2D eigenvalue weighted by molar-refractivity contribution is 7.18. The first-order valence-corrected chi connectivity index (χ1v) is 9.17. The third kappa shape index (κ3) is 4.26. The maximum absolute atomic E-state index is 12.4. The van der Waals surface area contributed by atoms with Crippen molar-refractivity contribution >= 4 is 33.2 Å². The molecule has 0 saturated carbocycles. The van der Waals surface area contributed by atoms with Crippen LogP contribution in [0.25, 0.3) is 10.2 Å². The molecule has 0 unspecified atom stereocenters. The highest BCUT2D eigenvalue weighted by Gasteiger charge is 2.14. The number of nitrogens with zero attached hydrogens (tertiary/aromatic N) is 1. The van der Waals surface area contributed by atoms with Gasteiger partial charge in [0.05, 0.1) is 29.4 Å². The number of amides is 1. The molecule has 0 bridgehead atoms. The van der Waals surface area contributed by atoms with Gasteiger partial charge in [0, 0.05) is 12.8 Å². The summed E-state index contributed by atoms with van der Waals surface area (Å²) < 4.78 is 6.33. The van der Waals surface area contributed by atoms with Crippen LogP contribution in [-0.2, 0) is 11.3 Å². The summed E-state index contributed by atoms with van der Waals surface area (Å²) in [7, 11) is 1.53. The normalized spacial score (nSPS) is 10.7. The van der Waals surface area contributed by atoms with Gasteiger partial charge in [-0.2, -0.15) is 0 Å². The fourth-order valence-corrected chi connectivity index (χ4v) is 3.57. The molecule has 3 rings (SSSR count). The molecule has 0 spiro atoms. The minimum absolute atomic E-state index is 0.0966. The van der Waals surface area contributed by atoms with Crippen LogP contribution in [0.5, 0.6) is 5.75 Å². The van der Waals surface area contributed by atoms with E-state index in [9.17, 15) is 9.59 Å². The summed E-state index contributed by atoms with van der Waals surface area (Å²) >= 11 is 1.56. The van der Waals surface area contributed by atoms with Gasteiger partial charge >= 0.3 is 0 Å². The van der Waals surface area contributed by atoms with Gasteiger partial charge in [0.1, 0.15) is 10.8 Å². The topological polar surface area (TPSA) is 68.3 Å². The fourth-order valence-electron chi connectivity index (χ4n) is 2.66. The lowest BCUT2D eigenvalue weighted by atomic mass is 10.0. The molecule has 0 atom stereocenters. The lowest BCUT2D eigenvalue weighted by Crippen LogP contribution is -2.23. The Kier molecular flexibility index (Phi) is 5.63. The summed E-state index contributed by atoms with van der Waals surface area (Å²) in [5, 5.41) is 3.69. The molecular formula is C20H20N2O3S. The molecule has 0 aliphatic heterocycles. The largest absolute Gasteiger partial charge is 0.496 e. The molecule has 2 aromatic carbocycles. The van der Waals surface area contributed by atoms with Gasteiger partial charge in [0.25, 0.3) is 0 Å². The molecule has 5 nitrogen and oxygen atoms in total. The number of rotatable bonds is 7. The monoisotopic (exact) mass is 368 g/mol. The fraction of sp³-hybridized carbons (Fsp3) is 0.250. The maximum Gasteiger partial charge on any atom is 0.220 e. The number of thiazole rings is 1. The van der Waals surface area contributed by atoms with Gasteiger partial charge in [-0.15, -0.1) is 11.3 Å². The van der Waals surface area contributed by atoms with Crippen LogP contribution in [0.3, 0.4) is 0 Å². The van der Waals surface area contributed by atoms with E-state index in [1.54, 1.807) is 23.5 Å². The Morgan fingerprint density at radius 3 is 2.73 bits per heavy atom. The average molecular weight is 368 g/mol. The minimum atomic E-state index is -0.163. The zero-order valence-corrected chi connectivity index (χ0v) is 15.6. The molecule has 3 aromatic rings. The first-order chi connectivity index (χ1) is 12.6. The highest BCUT2D eigenvalue weighted by atomic mass is 32.1. The van der Waals surface area contributed by atoms with Crippen LogP contribution in [0.15, 0.2) is 42.5 Å². The van der Waals surface area contributed by atoms with Gasteiger partial charge < -0.3 is 10.1 Å². The number of ketones is 1. The number of Topliss-reactive ketones (excluding diaryl/α,β-unsaturated/α-hetero) is 1. The average Bonchev–Trinajstić information content (AvgIpc) is 3.07. The molecule has 26 heavy (non-hydrogen) atoms. The number of aromatic nitrogens is 1. The van der Waals surface area contributed by atoms with E-state index in [0.717, 1.165) is 20.8 Å². The Labute approximate surface area is 156 Å². The smallest absolute Gasteiger partial charge is 0.220 e. The van der Waals surface area contributed by atoms with E-state index in [4.69, 9.17) is 4.74 Å². The predicted octanol–water partition coefficient (Wildman–Crippen LogP) is 3.89. The summed E-state index contributed by atoms with van der Waals surface area (Å²) in [5.74, 6) is 0.278. The number of ether oxygens (including phenoxy) is 1. The van der Waals surface area contributed by atoms with E-state index in [-0.39, 0.29) is 24.5 Å². The lowest BCUT2D eigenvalue weighted by molar-refractivity contribution is -0.121. The second-order valence-corrected chi connectivity index (χ2v) is 7.09. The molecule has 1 heterocycles. The van der Waals surface area contributed by atoms with Crippen molar-refractivity contribution in [2.24, 2.45) is 0 Å². The summed E-state index contributed by atoms with van der Waals surface area (Å²) in [6.07, 6.45) is 0.284. The number of benzene rings is 2. The molecular weight excluding hydrogens is 348 g/mol. The number of fused-ring (bicyclic) bond motifs is 1. The van der Waals surface area contributed by atoms with Crippen LogP contribution < -0.4 is 10.1 Å². The van der Waals surface area contributed by atoms with Crippen molar-refractivity contribution in [3.63, 3.8) is 0 Å². The standard InChI is InChI=1S/C20H20N2O3S/c1-13-7-9-17(25-2)14(11-13)16(23)8-10-19(24)21-12-20-22-15-5-3-4-6-18(15)26-20/h3-7,9,11H,8,10,12H2,1-2H3,(H,21,24). The van der Waals surface area contributed by atoms with Crippen LogP contribution in [0, 0.1) is 6.92 Å². The van der Waals surface area contributed by atoms with Gasteiger partial charge in [-0.25, -0.2) is 4.98 Å². The Bertz CT molecular complexity index is 916. The summed E-state index contributed by atoms with van der Waals surface area (Å²) in [5.41, 5.74) is 2.43. The molecule has 0 saturated heterocycles. The molecule has 0 radical (unpaired) electrons. The van der Waals surface area contributed by atoms with Gasteiger partial charge in [-0.1, -0.05) is 23.8 Å². The number of carbonyl (C=O) groups is 2. The second-order valence-electron chi connectivity index (χ2n) is 5.98. The first-order valence-electron chi connectivity index (χ1n) is 8.36. The van der Waals surface area contributed by atoms with Gasteiger partial charge in [-0.05, 0) is 31.2 Å². The van der Waals surface area contributed by atoms with E-state index in [2.05, 4.69) is 10.3 Å². The number of hydrogen-bond donors (Lipinski definition) is 1. The molecule has 1 N–H and O–H groups in total. The number of aryl methyl sites for hydroxylation is 1. The number of hydrogen-bond acceptors (Lipinski definition) is 5. The zero-order valence-electron chi connectivity index (χ0n) is 14.7. The Balaban J connectivity index is 1.54. The van der Waals surface area contributed by atoms with Gasteiger partial charge in [0.2, 0.25) is 5.91 Å². The SMILES string of the molecule is COc1ccc(C)cc1C(=O)CCC(=O)NCc1nc2ccccc2s1. The van der Waals surface area contributed by atoms with E-state index < -0.39 is 0 Å². The Morgan fingerprint density at radius 1 is 1.15 bits per heavy atom. The van der Waals surface area contributed by atoms with Crippen LogP contribution in [0.2, 0.25) is 0 Å². The van der Waals surface area contributed by atoms with Crippen molar-refractivity contribution in [1.82, 2.24) is 10.3 Å². The van der Waals surface area contributed by atoms with Gasteiger partial charge in [0.15, 0.2) is 5.78 Å². The van der Waals surface area contributed by atoms with Crippen LogP contribution in [0.1, 0.15) is 33.8 Å². The van der Waals surface area contributed by atoms with E-state index >= 15 is 0 Å². The third-order valence-electron chi connectivity index (χ3n) is 4.01. The minimum Gasteiger partial charge on any atom is -0.496 e. The lowest BCUT2D eigenvalue weighted by Gasteiger charge is -2.08. The third-order valence-corrected chi connectivity index (χ3v) is 5.05. The molecule has 0 aliphatic carbocycles. The Hall–Kier alpha value is -2.73. The second kappa shape index (κ2) is 8.10. The molecule has 1 aromatic heterocycles. The first kappa shape index (κ1) is 18.1. The van der Waals surface area contributed by atoms with Gasteiger partial charge in [-0.3, -0.25) is 9.59 Å². The number of nitrogens with one attached hydrogen (secondary N) is 1. The van der Waals surface area contributed by atoms with E-state index in [1.165, 1.54) is 7.11 Å². The highest BCUT2D eigenvalue weighted by Crippen LogP contribution is 2.22. The van der Waals surface area contributed by atoms with Crippen molar-refractivity contribution < 1.29 is 14.3 Å². The number of para-hydroxylation sites is 1. The van der Waals surface area contributed by atoms with Crippen molar-refractivity contribution in [2.75, 3.05) is 7.11 Å². The van der Waals surface area contributed by atoms with Crippen molar-refractivity contribution in [2.45, 2.75) is 26.3 Å². The molecule has 0 fully saturated rings. The Morgan fingerprint density at radius 2 is 1.96 bits per heavy atom. The van der Waals surface area contributed by atoms with Crippen molar-refractivity contribution in [3.8, 4) is 5.75 Å². The molecule has 134 valence electrons. The zero-order chi connectivity index (χ0) is 18.5. The van der Waals surface area contributed by atoms with Crippen LogP contribution in [0.4, 0.5) is 0 Å². The molecule has 6 heteroatoms. The van der Waals surface area contributed by atoms with Crippen LogP contribution in [-0.4, -0.2) is 23.8 Å². The van der Waals surface area contributed by atoms with E-state index in [0.29, 0.717) is 17.9 Å². The summed E-state index contributed by atoms with van der Waals surface area (Å²) in [4.78, 5) is 29.0. The van der Waals surface area contributed by atoms with Crippen molar-refractivity contribution in [3.05, 3.63) is 58.6 Å². The summed E-state index contributed by atoms with van der Waals surface area (Å²) in [6, 6.07) is 13.3. The number of carbonyl (C=O) groups excluding carboxylic acids is 2. The number of methoxy groups -OCH3 is 1. The molecule has 1 amide bonds. The maximum atomic E-state index is 12.4. The predicted molar refractivity (Wildman–Crippen MR) is 103 cm³/mol. The quantitative estimate of drug-likeness (QED) is 0.643. The van der Waals surface area contributed by atoms with E-state index in [1.807, 2.05) is 37.3 Å².